The van der Waals surface area contributed by atoms with E-state index in [0.717, 1.165) is 0 Å². The minimum absolute atomic E-state index is 0.164. The highest BCUT2D eigenvalue weighted by Gasteiger charge is 2.18. The zero-order valence-electron chi connectivity index (χ0n) is 11.4. The molecule has 2 aromatic rings. The normalized spacial score (nSPS) is 10.5. The predicted molar refractivity (Wildman–Crippen MR) is 80.2 cm³/mol. The van der Waals surface area contributed by atoms with E-state index in [2.05, 4.69) is 0 Å². The third-order valence-corrected chi connectivity index (χ3v) is 3.01. The molecule has 22 heavy (non-hydrogen) atoms. The molecule has 0 heterocycles. The van der Waals surface area contributed by atoms with Crippen LogP contribution in [0.5, 0.6) is 0 Å². The summed E-state index contributed by atoms with van der Waals surface area (Å²) in [5.41, 5.74) is -0.0318. The second-order valence-electron chi connectivity index (χ2n) is 4.44. The van der Waals surface area contributed by atoms with Gasteiger partial charge in [-0.2, -0.15) is 0 Å². The van der Waals surface area contributed by atoms with Crippen molar-refractivity contribution in [3.8, 4) is 0 Å². The van der Waals surface area contributed by atoms with E-state index in [-0.39, 0.29) is 22.5 Å². The van der Waals surface area contributed by atoms with Crippen LogP contribution in [-0.2, 0) is 0 Å². The van der Waals surface area contributed by atoms with Gasteiger partial charge < -0.3 is 10.2 Å². The molecule has 0 spiro atoms. The van der Waals surface area contributed by atoms with E-state index < -0.39 is 11.9 Å². The Labute approximate surface area is 126 Å². The van der Waals surface area contributed by atoms with Crippen molar-refractivity contribution in [2.24, 2.45) is 0 Å². The number of aromatic carboxylic acids is 2. The first-order valence-electron chi connectivity index (χ1n) is 6.37. The predicted octanol–water partition coefficient (Wildman–Crippen LogP) is 2.98. The van der Waals surface area contributed by atoms with Crippen LogP contribution in [0.4, 0.5) is 0 Å². The Kier molecular flexibility index (Phi) is 4.48. The average molecular weight is 296 g/mol. The highest BCUT2D eigenvalue weighted by molar-refractivity contribution is 6.09. The molecule has 0 bridgehead atoms. The molecule has 0 aliphatic heterocycles. The number of hydrogen-bond donors (Lipinski definition) is 2. The maximum Gasteiger partial charge on any atom is 0.337 e. The van der Waals surface area contributed by atoms with Crippen LogP contribution in [0.1, 0.15) is 36.6 Å². The fourth-order valence-electron chi connectivity index (χ4n) is 1.99. The van der Waals surface area contributed by atoms with Crippen molar-refractivity contribution < 1.29 is 24.6 Å². The average Bonchev–Trinajstić information content (AvgIpc) is 2.52. The molecule has 5 nitrogen and oxygen atoms in total. The zero-order chi connectivity index (χ0) is 16.1. The molecule has 0 saturated heterocycles. The van der Waals surface area contributed by atoms with Crippen molar-refractivity contribution in [1.82, 2.24) is 0 Å². The van der Waals surface area contributed by atoms with Crippen LogP contribution in [0.2, 0.25) is 0 Å². The lowest BCUT2D eigenvalue weighted by atomic mass is 10.00. The molecule has 0 radical (unpaired) electrons. The van der Waals surface area contributed by atoms with Crippen LogP contribution < -0.4 is 0 Å². The molecule has 2 rings (SSSR count). The van der Waals surface area contributed by atoms with Gasteiger partial charge in [-0.05, 0) is 17.7 Å². The minimum Gasteiger partial charge on any atom is -0.478 e. The van der Waals surface area contributed by atoms with Gasteiger partial charge in [-0.1, -0.05) is 48.5 Å². The Morgan fingerprint density at radius 1 is 0.818 bits per heavy atom. The number of carboxylic acid groups (broad SMARTS) is 2. The lowest BCUT2D eigenvalue weighted by Gasteiger charge is -2.05. The van der Waals surface area contributed by atoms with Crippen LogP contribution in [-0.4, -0.2) is 27.9 Å². The molecule has 0 saturated carbocycles. The van der Waals surface area contributed by atoms with Crippen molar-refractivity contribution in [3.63, 3.8) is 0 Å². The van der Waals surface area contributed by atoms with Crippen LogP contribution in [0.25, 0.3) is 6.08 Å². The molecule has 110 valence electrons. The van der Waals surface area contributed by atoms with Gasteiger partial charge in [-0.15, -0.1) is 0 Å². The summed E-state index contributed by atoms with van der Waals surface area (Å²) >= 11 is 0. The first kappa shape index (κ1) is 15.2. The standard InChI is InChI=1S/C17H12O5/c18-14(11-5-2-1-3-6-11)10-9-12-7-4-8-13(16(19)20)15(12)17(21)22/h1-10H,(H,19,20)(H,21,22). The maximum absolute atomic E-state index is 12.0. The summed E-state index contributed by atoms with van der Waals surface area (Å²) in [6.07, 6.45) is 2.54. The van der Waals surface area contributed by atoms with E-state index >= 15 is 0 Å². The van der Waals surface area contributed by atoms with E-state index in [1.54, 1.807) is 30.3 Å². The Morgan fingerprint density at radius 2 is 1.50 bits per heavy atom. The van der Waals surface area contributed by atoms with Gasteiger partial charge in [0.15, 0.2) is 5.78 Å². The van der Waals surface area contributed by atoms with Gasteiger partial charge in [0.2, 0.25) is 0 Å². The van der Waals surface area contributed by atoms with Crippen LogP contribution in [0, 0.1) is 0 Å². The van der Waals surface area contributed by atoms with Gasteiger partial charge >= 0.3 is 11.9 Å². The van der Waals surface area contributed by atoms with E-state index in [4.69, 9.17) is 5.11 Å². The third kappa shape index (κ3) is 3.27. The summed E-state index contributed by atoms with van der Waals surface area (Å²) < 4.78 is 0. The first-order chi connectivity index (χ1) is 10.5. The van der Waals surface area contributed by atoms with Crippen molar-refractivity contribution in [2.45, 2.75) is 0 Å². The minimum atomic E-state index is -1.36. The molecule has 5 heteroatoms. The zero-order valence-corrected chi connectivity index (χ0v) is 11.4. The summed E-state index contributed by atoms with van der Waals surface area (Å²) in [5.74, 6) is -2.98. The molecule has 2 N–H and O–H groups in total. The maximum atomic E-state index is 12.0. The highest BCUT2D eigenvalue weighted by Crippen LogP contribution is 2.17. The van der Waals surface area contributed by atoms with E-state index in [1.165, 1.54) is 30.4 Å². The second kappa shape index (κ2) is 6.49. The first-order valence-corrected chi connectivity index (χ1v) is 6.37. The lowest BCUT2D eigenvalue weighted by molar-refractivity contribution is 0.0651. The number of hydrogen-bond acceptors (Lipinski definition) is 3. The molecule has 0 fully saturated rings. The smallest absolute Gasteiger partial charge is 0.337 e. The van der Waals surface area contributed by atoms with Gasteiger partial charge in [0.25, 0.3) is 0 Å². The number of carbonyl (C=O) groups is 3. The number of carbonyl (C=O) groups excluding carboxylic acids is 1. The largest absolute Gasteiger partial charge is 0.478 e. The molecule has 0 aliphatic carbocycles. The summed E-state index contributed by atoms with van der Waals surface area (Å²) in [4.78, 5) is 34.3. The van der Waals surface area contributed by atoms with Gasteiger partial charge in [0.05, 0.1) is 11.1 Å². The van der Waals surface area contributed by atoms with Crippen molar-refractivity contribution in [1.29, 1.82) is 0 Å². The monoisotopic (exact) mass is 296 g/mol. The Morgan fingerprint density at radius 3 is 2.09 bits per heavy atom. The number of carboxylic acids is 2. The summed E-state index contributed by atoms with van der Waals surface area (Å²) in [6, 6.07) is 12.6. The third-order valence-electron chi connectivity index (χ3n) is 3.01. The quantitative estimate of drug-likeness (QED) is 0.653. The number of benzene rings is 2. The van der Waals surface area contributed by atoms with E-state index in [1.807, 2.05) is 0 Å². The van der Waals surface area contributed by atoms with Crippen LogP contribution in [0.15, 0.2) is 54.6 Å². The van der Waals surface area contributed by atoms with Gasteiger partial charge in [0, 0.05) is 5.56 Å². The fraction of sp³-hybridized carbons (Fsp3) is 0. The molecular weight excluding hydrogens is 284 g/mol. The molecule has 2 aromatic carbocycles. The summed E-state index contributed by atoms with van der Waals surface area (Å²) in [6.45, 7) is 0. The summed E-state index contributed by atoms with van der Waals surface area (Å²) in [7, 11) is 0. The molecule has 0 unspecified atom stereocenters. The highest BCUT2D eigenvalue weighted by atomic mass is 16.4. The SMILES string of the molecule is O=C(C=Cc1cccc(C(=O)O)c1C(=O)O)c1ccccc1. The number of ketones is 1. The van der Waals surface area contributed by atoms with Gasteiger partial charge in [0.1, 0.15) is 0 Å². The van der Waals surface area contributed by atoms with Gasteiger partial charge in [-0.25, -0.2) is 9.59 Å². The Bertz CT molecular complexity index is 760. The van der Waals surface area contributed by atoms with Gasteiger partial charge in [-0.3, -0.25) is 4.79 Å². The van der Waals surface area contributed by atoms with E-state index in [9.17, 15) is 19.5 Å². The lowest BCUT2D eigenvalue weighted by Crippen LogP contribution is -2.10. The number of allylic oxidation sites excluding steroid dienone is 1. The molecule has 0 amide bonds. The molecule has 0 atom stereocenters. The second-order valence-corrected chi connectivity index (χ2v) is 4.44. The van der Waals surface area contributed by atoms with Crippen molar-refractivity contribution >= 4 is 23.8 Å². The molecule has 0 aliphatic rings. The molecular formula is C17H12O5. The summed E-state index contributed by atoms with van der Waals surface area (Å²) in [5, 5.41) is 18.2. The van der Waals surface area contributed by atoms with Crippen LogP contribution in [0.3, 0.4) is 0 Å². The topological polar surface area (TPSA) is 91.7 Å². The fourth-order valence-corrected chi connectivity index (χ4v) is 1.99. The van der Waals surface area contributed by atoms with Crippen molar-refractivity contribution in [2.75, 3.05) is 0 Å². The van der Waals surface area contributed by atoms with E-state index in [0.29, 0.717) is 5.56 Å². The number of rotatable bonds is 5. The Hall–Kier alpha value is -3.21. The molecule has 0 aromatic heterocycles. The Balaban J connectivity index is 2.39. The van der Waals surface area contributed by atoms with Crippen molar-refractivity contribution in [3.05, 3.63) is 76.9 Å². The van der Waals surface area contributed by atoms with Crippen LogP contribution >= 0.6 is 0 Å².